The Balaban J connectivity index is 5.15. The van der Waals surface area contributed by atoms with E-state index in [4.69, 9.17) is 19.9 Å². The van der Waals surface area contributed by atoms with Gasteiger partial charge in [-0.25, -0.2) is 0 Å². The molecule has 258 valence electrons. The van der Waals surface area contributed by atoms with Crippen LogP contribution >= 0.6 is 0 Å². The first-order chi connectivity index (χ1) is 18.7. The van der Waals surface area contributed by atoms with E-state index in [9.17, 15) is 13.2 Å². The molecule has 3 unspecified atom stereocenters. The molecule has 0 spiro atoms. The SMILES string of the molecule is C=C(NC(C)CC(C)(C)OCC(C)C(C)(C)C(C)(C)OCCC(C)(C)C(C)(C)OCC(C)C(C)(C)N)C(C)(C)C(F)(F)F. The van der Waals surface area contributed by atoms with Crippen molar-refractivity contribution in [2.45, 2.75) is 165 Å². The van der Waals surface area contributed by atoms with Gasteiger partial charge in [-0.15, -0.1) is 0 Å². The van der Waals surface area contributed by atoms with Crippen LogP contribution in [0.2, 0.25) is 0 Å². The van der Waals surface area contributed by atoms with Crippen molar-refractivity contribution in [3.8, 4) is 0 Å². The smallest absolute Gasteiger partial charge is 0.386 e. The van der Waals surface area contributed by atoms with Crippen molar-refractivity contribution in [1.82, 2.24) is 5.32 Å². The van der Waals surface area contributed by atoms with Gasteiger partial charge in [0, 0.05) is 23.9 Å². The average Bonchev–Trinajstić information content (AvgIpc) is 2.78. The van der Waals surface area contributed by atoms with Crippen molar-refractivity contribution < 1.29 is 27.4 Å². The predicted molar refractivity (Wildman–Crippen MR) is 175 cm³/mol. The van der Waals surface area contributed by atoms with Gasteiger partial charge in [-0.2, -0.15) is 13.2 Å². The first-order valence-electron chi connectivity index (χ1n) is 16.0. The van der Waals surface area contributed by atoms with E-state index in [0.717, 1.165) is 20.3 Å². The maximum Gasteiger partial charge on any atom is 0.399 e. The number of hydrogen-bond acceptors (Lipinski definition) is 5. The number of ether oxygens (including phenoxy) is 3. The van der Waals surface area contributed by atoms with E-state index in [1.54, 1.807) is 0 Å². The zero-order chi connectivity index (χ0) is 34.7. The van der Waals surface area contributed by atoms with Gasteiger partial charge in [-0.3, -0.25) is 0 Å². The lowest BCUT2D eigenvalue weighted by Crippen LogP contribution is -2.49. The van der Waals surface area contributed by atoms with E-state index >= 15 is 0 Å². The summed E-state index contributed by atoms with van der Waals surface area (Å²) in [5.74, 6) is 0.380. The zero-order valence-electron chi connectivity index (χ0n) is 30.9. The minimum absolute atomic E-state index is 0.0381. The monoisotopic (exact) mass is 623 g/mol. The number of alkyl halides is 3. The van der Waals surface area contributed by atoms with E-state index in [1.807, 2.05) is 34.6 Å². The highest BCUT2D eigenvalue weighted by molar-refractivity contribution is 5.09. The third-order valence-electron chi connectivity index (χ3n) is 11.0. The molecule has 0 saturated heterocycles. The second kappa shape index (κ2) is 14.3. The van der Waals surface area contributed by atoms with Crippen LogP contribution in [0.4, 0.5) is 13.2 Å². The van der Waals surface area contributed by atoms with E-state index in [2.05, 4.69) is 81.1 Å². The van der Waals surface area contributed by atoms with E-state index in [1.165, 1.54) is 0 Å². The lowest BCUT2D eigenvalue weighted by molar-refractivity contribution is -0.199. The molecule has 8 heteroatoms. The molecule has 0 fully saturated rings. The summed E-state index contributed by atoms with van der Waals surface area (Å²) in [5, 5.41) is 2.96. The van der Waals surface area contributed by atoms with Crippen molar-refractivity contribution in [1.29, 1.82) is 0 Å². The van der Waals surface area contributed by atoms with Crippen molar-refractivity contribution >= 4 is 0 Å². The number of hydrogen-bond donors (Lipinski definition) is 2. The second-order valence-electron chi connectivity index (χ2n) is 17.1. The fourth-order valence-electron chi connectivity index (χ4n) is 4.44. The van der Waals surface area contributed by atoms with Crippen LogP contribution in [0.15, 0.2) is 12.3 Å². The van der Waals surface area contributed by atoms with Gasteiger partial charge >= 0.3 is 6.18 Å². The summed E-state index contributed by atoms with van der Waals surface area (Å²) >= 11 is 0. The van der Waals surface area contributed by atoms with Gasteiger partial charge in [0.25, 0.3) is 0 Å². The van der Waals surface area contributed by atoms with Crippen LogP contribution in [0.25, 0.3) is 0 Å². The molecule has 0 amide bonds. The summed E-state index contributed by atoms with van der Waals surface area (Å²) in [6.45, 7) is 39.2. The highest BCUT2D eigenvalue weighted by Crippen LogP contribution is 2.44. The molecule has 0 aromatic rings. The minimum Gasteiger partial charge on any atom is -0.386 e. The predicted octanol–water partition coefficient (Wildman–Crippen LogP) is 9.29. The molecule has 0 heterocycles. The molecule has 0 aliphatic rings. The zero-order valence-corrected chi connectivity index (χ0v) is 30.9. The largest absolute Gasteiger partial charge is 0.399 e. The molecular weight excluding hydrogens is 553 g/mol. The Hall–Kier alpha value is -0.830. The van der Waals surface area contributed by atoms with Crippen molar-refractivity contribution in [3.05, 3.63) is 12.3 Å². The topological polar surface area (TPSA) is 65.7 Å². The molecule has 3 atom stereocenters. The van der Waals surface area contributed by atoms with Crippen LogP contribution in [-0.2, 0) is 14.2 Å². The van der Waals surface area contributed by atoms with E-state index < -0.39 is 22.8 Å². The third-order valence-corrected chi connectivity index (χ3v) is 11.0. The van der Waals surface area contributed by atoms with Gasteiger partial charge in [-0.05, 0) is 112 Å². The molecule has 0 aromatic carbocycles. The third kappa shape index (κ3) is 11.8. The Morgan fingerprint density at radius 1 is 0.721 bits per heavy atom. The van der Waals surface area contributed by atoms with Gasteiger partial charge in [0.05, 0.1) is 35.4 Å². The highest BCUT2D eigenvalue weighted by atomic mass is 19.4. The summed E-state index contributed by atoms with van der Waals surface area (Å²) < 4.78 is 59.6. The van der Waals surface area contributed by atoms with Gasteiger partial charge in [0.15, 0.2) is 0 Å². The van der Waals surface area contributed by atoms with Crippen LogP contribution in [-0.4, -0.2) is 54.4 Å². The number of allylic oxidation sites excluding steroid dienone is 1. The quantitative estimate of drug-likeness (QED) is 0.150. The molecule has 0 bridgehead atoms. The summed E-state index contributed by atoms with van der Waals surface area (Å²) in [5.41, 5.74) is 2.22. The van der Waals surface area contributed by atoms with Crippen LogP contribution in [0.1, 0.15) is 131 Å². The minimum atomic E-state index is -4.38. The molecule has 0 aliphatic carbocycles. The number of nitrogens with one attached hydrogen (secondary N) is 1. The van der Waals surface area contributed by atoms with Gasteiger partial charge < -0.3 is 25.3 Å². The molecule has 3 N–H and O–H groups in total. The number of halogens is 3. The first-order valence-corrected chi connectivity index (χ1v) is 16.0. The van der Waals surface area contributed by atoms with E-state index in [-0.39, 0.29) is 45.5 Å². The Labute approximate surface area is 263 Å². The van der Waals surface area contributed by atoms with Crippen LogP contribution in [0, 0.1) is 28.1 Å². The molecule has 0 rings (SSSR count). The fraction of sp³-hybridized carbons (Fsp3) is 0.943. The fourth-order valence-corrected chi connectivity index (χ4v) is 4.44. The summed E-state index contributed by atoms with van der Waals surface area (Å²) in [6, 6.07) is -0.242. The maximum absolute atomic E-state index is 13.4. The van der Waals surface area contributed by atoms with Gasteiger partial charge in [-0.1, -0.05) is 48.1 Å². The molecule has 0 saturated carbocycles. The Morgan fingerprint density at radius 3 is 1.63 bits per heavy atom. The summed E-state index contributed by atoms with van der Waals surface area (Å²) in [7, 11) is 0. The first kappa shape index (κ1) is 42.2. The molecule has 0 aromatic heterocycles. The van der Waals surface area contributed by atoms with Crippen LogP contribution in [0.3, 0.4) is 0 Å². The molecule has 0 radical (unpaired) electrons. The summed E-state index contributed by atoms with van der Waals surface area (Å²) in [4.78, 5) is 0. The normalized spacial score (nSPS) is 17.0. The second-order valence-corrected chi connectivity index (χ2v) is 17.1. The Bertz CT molecular complexity index is 884. The molecule has 0 aliphatic heterocycles. The maximum atomic E-state index is 13.4. The molecule has 5 nitrogen and oxygen atoms in total. The van der Waals surface area contributed by atoms with Crippen molar-refractivity contribution in [2.75, 3.05) is 19.8 Å². The van der Waals surface area contributed by atoms with E-state index in [0.29, 0.717) is 26.2 Å². The average molecular weight is 623 g/mol. The highest BCUT2D eigenvalue weighted by Gasteiger charge is 2.50. The van der Waals surface area contributed by atoms with Gasteiger partial charge in [0.1, 0.15) is 0 Å². The van der Waals surface area contributed by atoms with Gasteiger partial charge in [0.2, 0.25) is 0 Å². The standard InChI is InChI=1S/C35H69F3N2O3/c1-24(22-42-29(7,8)21-26(3)40-27(4)31(11,12)35(36,37)38)30(9,10)34(17,18)41-20-19-28(5,6)33(15,16)43-23-25(2)32(13,14)39/h24-26,40H,4,19-23,39H2,1-3,5-18H3. The lowest BCUT2D eigenvalue weighted by atomic mass is 9.68. The number of rotatable bonds is 19. The lowest BCUT2D eigenvalue weighted by Gasteiger charge is -2.47. The van der Waals surface area contributed by atoms with Crippen LogP contribution in [0.5, 0.6) is 0 Å². The molecule has 43 heavy (non-hydrogen) atoms. The van der Waals surface area contributed by atoms with Crippen molar-refractivity contribution in [2.24, 2.45) is 33.8 Å². The summed E-state index contributed by atoms with van der Waals surface area (Å²) in [6.07, 6.45) is -3.01. The van der Waals surface area contributed by atoms with Crippen molar-refractivity contribution in [3.63, 3.8) is 0 Å². The Kier molecular flexibility index (Phi) is 14.0. The number of nitrogens with two attached hydrogens (primary N) is 1. The van der Waals surface area contributed by atoms with Crippen LogP contribution < -0.4 is 11.1 Å². The molecular formula is C35H69F3N2O3. The Morgan fingerprint density at radius 2 is 1.19 bits per heavy atom.